The van der Waals surface area contributed by atoms with Gasteiger partial charge in [-0.05, 0) is 43.3 Å². The highest BCUT2D eigenvalue weighted by Gasteiger charge is 2.23. The molecule has 0 aliphatic heterocycles. The Morgan fingerprint density at radius 3 is 2.71 bits per heavy atom. The number of rotatable bonds is 8. The van der Waals surface area contributed by atoms with Gasteiger partial charge in [-0.25, -0.2) is 13.2 Å². The number of halogens is 3. The number of benzene rings is 2. The van der Waals surface area contributed by atoms with Gasteiger partial charge in [0.2, 0.25) is 5.91 Å². The summed E-state index contributed by atoms with van der Waals surface area (Å²) in [5, 5.41) is 10.4. The van der Waals surface area contributed by atoms with E-state index in [1.165, 1.54) is 0 Å². The van der Waals surface area contributed by atoms with E-state index in [9.17, 15) is 18.0 Å². The lowest BCUT2D eigenvalue weighted by molar-refractivity contribution is -0.115. The molecule has 11 heteroatoms. The van der Waals surface area contributed by atoms with E-state index in [1.54, 1.807) is 49.1 Å². The van der Waals surface area contributed by atoms with Crippen LogP contribution in [0, 0.1) is 17.5 Å². The number of hydrogen-bond acceptors (Lipinski definition) is 6. The van der Waals surface area contributed by atoms with Gasteiger partial charge in [0, 0.05) is 5.56 Å². The summed E-state index contributed by atoms with van der Waals surface area (Å²) < 4.78 is 53.2. The maximum absolute atomic E-state index is 14.0. The van der Waals surface area contributed by atoms with Crippen LogP contribution in [-0.4, -0.2) is 33.0 Å². The van der Waals surface area contributed by atoms with Crippen LogP contribution in [0.3, 0.4) is 0 Å². The molecule has 0 aliphatic rings. The van der Waals surface area contributed by atoms with Crippen LogP contribution >= 0.6 is 11.8 Å². The van der Waals surface area contributed by atoms with Gasteiger partial charge in [0.15, 0.2) is 28.4 Å². The molecule has 0 bridgehead atoms. The Morgan fingerprint density at radius 2 is 1.97 bits per heavy atom. The number of hydrogen-bond donors (Lipinski definition) is 1. The number of carbonyl (C=O) groups is 1. The first-order valence-electron chi connectivity index (χ1n) is 10.1. The van der Waals surface area contributed by atoms with Crippen molar-refractivity contribution in [1.82, 2.24) is 14.8 Å². The molecular formula is C23H19F3N4O3S. The lowest BCUT2D eigenvalue weighted by Gasteiger charge is -2.14. The Balaban J connectivity index is 1.60. The minimum atomic E-state index is -1.65. The van der Waals surface area contributed by atoms with Crippen molar-refractivity contribution >= 4 is 23.4 Å². The van der Waals surface area contributed by atoms with Crippen LogP contribution in [0.25, 0.3) is 11.4 Å². The second kappa shape index (κ2) is 10.0. The number of nitrogens with zero attached hydrogens (tertiary/aromatic N) is 3. The molecule has 4 rings (SSSR count). The van der Waals surface area contributed by atoms with E-state index in [2.05, 4.69) is 15.5 Å². The topological polar surface area (TPSA) is 82.2 Å². The normalized spacial score (nSPS) is 11.9. The zero-order valence-corrected chi connectivity index (χ0v) is 18.9. The second-order valence-corrected chi connectivity index (χ2v) is 8.48. The largest absolute Gasteiger partial charge is 0.497 e. The molecule has 0 saturated carbocycles. The molecule has 7 nitrogen and oxygen atoms in total. The summed E-state index contributed by atoms with van der Waals surface area (Å²) >= 11 is 1.07. The number of carbonyl (C=O) groups excluding carboxylic acids is 1. The third-order valence-electron chi connectivity index (χ3n) is 4.88. The maximum Gasteiger partial charge on any atom is 0.237 e. The van der Waals surface area contributed by atoms with E-state index in [0.717, 1.165) is 29.5 Å². The smallest absolute Gasteiger partial charge is 0.237 e. The zero-order valence-electron chi connectivity index (χ0n) is 18.1. The summed E-state index contributed by atoms with van der Waals surface area (Å²) in [6, 6.07) is 12.5. The Kier molecular flexibility index (Phi) is 6.92. The van der Waals surface area contributed by atoms with Gasteiger partial charge in [0.1, 0.15) is 11.5 Å². The van der Waals surface area contributed by atoms with Crippen molar-refractivity contribution in [3.8, 4) is 17.1 Å². The fourth-order valence-electron chi connectivity index (χ4n) is 3.12. The SMILES string of the molecule is COc1cccc(-c2nnc(S[C@H](C)C(=O)Nc3ccc(F)c(F)c3F)n2Cc2ccco2)c1. The number of nitrogens with one attached hydrogen (secondary N) is 1. The highest BCUT2D eigenvalue weighted by atomic mass is 32.2. The van der Waals surface area contributed by atoms with E-state index in [1.807, 2.05) is 12.1 Å². The fraction of sp³-hybridized carbons (Fsp3) is 0.174. The lowest BCUT2D eigenvalue weighted by atomic mass is 10.2. The number of methoxy groups -OCH3 is 1. The van der Waals surface area contributed by atoms with Gasteiger partial charge in [-0.3, -0.25) is 9.36 Å². The monoisotopic (exact) mass is 488 g/mol. The molecule has 2 aromatic carbocycles. The third kappa shape index (κ3) is 4.93. The van der Waals surface area contributed by atoms with Gasteiger partial charge >= 0.3 is 0 Å². The van der Waals surface area contributed by atoms with Crippen LogP contribution in [0.4, 0.5) is 18.9 Å². The molecule has 176 valence electrons. The first-order chi connectivity index (χ1) is 16.4. The van der Waals surface area contributed by atoms with Crippen molar-refractivity contribution < 1.29 is 27.1 Å². The average molecular weight is 488 g/mol. The van der Waals surface area contributed by atoms with Crippen molar-refractivity contribution in [3.05, 3.63) is 78.0 Å². The van der Waals surface area contributed by atoms with Crippen molar-refractivity contribution in [2.45, 2.75) is 23.9 Å². The first-order valence-corrected chi connectivity index (χ1v) is 11.0. The number of furan rings is 1. The molecule has 0 unspecified atom stereocenters. The van der Waals surface area contributed by atoms with Crippen molar-refractivity contribution in [2.24, 2.45) is 0 Å². The van der Waals surface area contributed by atoms with Gasteiger partial charge in [-0.1, -0.05) is 23.9 Å². The minimum Gasteiger partial charge on any atom is -0.497 e. The highest BCUT2D eigenvalue weighted by Crippen LogP contribution is 2.30. The number of amides is 1. The molecule has 1 amide bonds. The number of thioether (sulfide) groups is 1. The minimum absolute atomic E-state index is 0.293. The van der Waals surface area contributed by atoms with Crippen molar-refractivity contribution in [3.63, 3.8) is 0 Å². The van der Waals surface area contributed by atoms with Crippen LogP contribution in [0.2, 0.25) is 0 Å². The van der Waals surface area contributed by atoms with Crippen LogP contribution in [-0.2, 0) is 11.3 Å². The molecule has 0 fully saturated rings. The lowest BCUT2D eigenvalue weighted by Crippen LogP contribution is -2.24. The average Bonchev–Trinajstić information content (AvgIpc) is 3.50. The van der Waals surface area contributed by atoms with Crippen molar-refractivity contribution in [1.29, 1.82) is 0 Å². The zero-order chi connectivity index (χ0) is 24.2. The van der Waals surface area contributed by atoms with Gasteiger partial charge < -0.3 is 14.5 Å². The summed E-state index contributed by atoms with van der Waals surface area (Å²) in [5.74, 6) is -3.27. The number of aromatic nitrogens is 3. The third-order valence-corrected chi connectivity index (χ3v) is 5.96. The summed E-state index contributed by atoms with van der Waals surface area (Å²) in [6.45, 7) is 1.87. The molecule has 0 saturated heterocycles. The summed E-state index contributed by atoms with van der Waals surface area (Å²) in [4.78, 5) is 12.6. The van der Waals surface area contributed by atoms with E-state index in [0.29, 0.717) is 29.0 Å². The molecule has 34 heavy (non-hydrogen) atoms. The second-order valence-electron chi connectivity index (χ2n) is 7.18. The molecule has 1 atom stereocenters. The molecule has 0 radical (unpaired) electrons. The van der Waals surface area contributed by atoms with Crippen LogP contribution < -0.4 is 10.1 Å². The Morgan fingerprint density at radius 1 is 1.15 bits per heavy atom. The Bertz CT molecular complexity index is 1310. The molecule has 4 aromatic rings. The fourth-order valence-corrected chi connectivity index (χ4v) is 3.97. The van der Waals surface area contributed by atoms with E-state index < -0.39 is 34.3 Å². The molecular weight excluding hydrogens is 469 g/mol. The number of ether oxygens (including phenoxy) is 1. The molecule has 2 heterocycles. The van der Waals surface area contributed by atoms with Gasteiger partial charge in [-0.15, -0.1) is 10.2 Å². The van der Waals surface area contributed by atoms with E-state index in [-0.39, 0.29) is 0 Å². The van der Waals surface area contributed by atoms with Crippen LogP contribution in [0.5, 0.6) is 5.75 Å². The predicted octanol–water partition coefficient (Wildman–Crippen LogP) is 5.13. The maximum atomic E-state index is 14.0. The Hall–Kier alpha value is -3.73. The molecule has 2 aromatic heterocycles. The van der Waals surface area contributed by atoms with Gasteiger partial charge in [0.25, 0.3) is 0 Å². The van der Waals surface area contributed by atoms with Crippen LogP contribution in [0.15, 0.2) is 64.4 Å². The first kappa shape index (κ1) is 23.4. The van der Waals surface area contributed by atoms with E-state index in [4.69, 9.17) is 9.15 Å². The highest BCUT2D eigenvalue weighted by molar-refractivity contribution is 8.00. The van der Waals surface area contributed by atoms with Crippen molar-refractivity contribution in [2.75, 3.05) is 12.4 Å². The quantitative estimate of drug-likeness (QED) is 0.274. The molecule has 1 N–H and O–H groups in total. The Labute approximate surface area is 196 Å². The van der Waals surface area contributed by atoms with Gasteiger partial charge in [-0.2, -0.15) is 0 Å². The summed E-state index contributed by atoms with van der Waals surface area (Å²) in [6.07, 6.45) is 1.55. The van der Waals surface area contributed by atoms with E-state index >= 15 is 0 Å². The summed E-state index contributed by atoms with van der Waals surface area (Å²) in [5.41, 5.74) is 0.289. The van der Waals surface area contributed by atoms with Crippen LogP contribution in [0.1, 0.15) is 12.7 Å². The predicted molar refractivity (Wildman–Crippen MR) is 120 cm³/mol. The summed E-state index contributed by atoms with van der Waals surface area (Å²) in [7, 11) is 1.56. The standard InChI is InChI=1S/C23H19F3N4O3S/c1-13(22(31)27-18-9-8-17(24)19(25)20(18)26)34-23-29-28-21(14-5-3-6-15(11-14)32-2)30(23)12-16-7-4-10-33-16/h3-11,13H,12H2,1-2H3,(H,27,31)/t13-/m1/s1. The number of anilines is 1. The molecule has 0 spiro atoms. The van der Waals surface area contributed by atoms with Gasteiger partial charge in [0.05, 0.1) is 30.9 Å². The molecule has 0 aliphatic carbocycles.